The maximum absolute atomic E-state index is 13.1. The quantitative estimate of drug-likeness (QED) is 0.875. The highest BCUT2D eigenvalue weighted by atomic mass is 79.9. The van der Waals surface area contributed by atoms with Crippen LogP contribution >= 0.6 is 15.9 Å². The zero-order valence-electron chi connectivity index (χ0n) is 12.1. The van der Waals surface area contributed by atoms with Gasteiger partial charge < -0.3 is 10.2 Å². The number of piperazine rings is 1. The smallest absolute Gasteiger partial charge is 0.256 e. The van der Waals surface area contributed by atoms with Crippen molar-refractivity contribution in [3.63, 3.8) is 0 Å². The number of halogens is 2. The molecule has 6 heteroatoms. The average Bonchev–Trinajstić information content (AvgIpc) is 2.55. The van der Waals surface area contributed by atoms with Gasteiger partial charge in [-0.15, -0.1) is 0 Å². The van der Waals surface area contributed by atoms with Crippen LogP contribution in [-0.2, 0) is 4.79 Å². The van der Waals surface area contributed by atoms with Gasteiger partial charge in [-0.1, -0.05) is 24.3 Å². The van der Waals surface area contributed by atoms with Crippen LogP contribution in [-0.4, -0.2) is 29.8 Å². The van der Waals surface area contributed by atoms with Crippen LogP contribution in [0.15, 0.2) is 53.0 Å². The van der Waals surface area contributed by atoms with Gasteiger partial charge in [-0.3, -0.25) is 9.59 Å². The molecule has 2 aromatic carbocycles. The number of carbonyl (C=O) groups is 2. The summed E-state index contributed by atoms with van der Waals surface area (Å²) in [5.41, 5.74) is 1.08. The van der Waals surface area contributed by atoms with E-state index >= 15 is 0 Å². The van der Waals surface area contributed by atoms with Crippen molar-refractivity contribution >= 4 is 27.7 Å². The minimum atomic E-state index is -0.760. The molecule has 0 aliphatic carbocycles. The third-order valence-electron chi connectivity index (χ3n) is 3.76. The molecule has 1 unspecified atom stereocenters. The second-order valence-electron chi connectivity index (χ2n) is 5.22. The maximum Gasteiger partial charge on any atom is 0.256 e. The maximum atomic E-state index is 13.1. The molecular formula is C17H14BrFN2O2. The molecule has 1 N–H and O–H groups in total. The Kier molecular flexibility index (Phi) is 4.43. The first-order valence-electron chi connectivity index (χ1n) is 7.16. The fourth-order valence-corrected chi connectivity index (χ4v) is 3.11. The van der Waals surface area contributed by atoms with E-state index in [1.807, 2.05) is 6.07 Å². The Morgan fingerprint density at radius 3 is 2.57 bits per heavy atom. The highest BCUT2D eigenvalue weighted by molar-refractivity contribution is 9.10. The number of benzene rings is 2. The molecule has 2 amide bonds. The minimum Gasteiger partial charge on any atom is -0.352 e. The molecule has 0 spiro atoms. The molecule has 1 aliphatic heterocycles. The molecular weight excluding hydrogens is 363 g/mol. The normalized spacial score (nSPS) is 17.7. The molecule has 118 valence electrons. The summed E-state index contributed by atoms with van der Waals surface area (Å²) in [6.45, 7) is 0.792. The summed E-state index contributed by atoms with van der Waals surface area (Å²) >= 11 is 3.37. The molecule has 1 heterocycles. The van der Waals surface area contributed by atoms with E-state index in [2.05, 4.69) is 21.2 Å². The first-order chi connectivity index (χ1) is 11.1. The van der Waals surface area contributed by atoms with Gasteiger partial charge in [0, 0.05) is 17.6 Å². The summed E-state index contributed by atoms with van der Waals surface area (Å²) in [6.07, 6.45) is 0. The first kappa shape index (κ1) is 15.7. The van der Waals surface area contributed by atoms with Crippen molar-refractivity contribution in [2.45, 2.75) is 6.04 Å². The lowest BCUT2D eigenvalue weighted by Gasteiger charge is -2.35. The zero-order valence-corrected chi connectivity index (χ0v) is 13.7. The van der Waals surface area contributed by atoms with Gasteiger partial charge in [0.1, 0.15) is 11.9 Å². The molecule has 0 saturated carbocycles. The molecule has 0 bridgehead atoms. The van der Waals surface area contributed by atoms with Gasteiger partial charge in [0.15, 0.2) is 0 Å². The molecule has 1 aliphatic rings. The Bertz CT molecular complexity index is 749. The summed E-state index contributed by atoms with van der Waals surface area (Å²) in [6, 6.07) is 12.0. The third kappa shape index (κ3) is 3.12. The largest absolute Gasteiger partial charge is 0.352 e. The summed E-state index contributed by atoms with van der Waals surface area (Å²) < 4.78 is 13.8. The number of nitrogens with zero attached hydrogens (tertiary/aromatic N) is 1. The molecule has 0 aromatic heterocycles. The Morgan fingerprint density at radius 2 is 1.87 bits per heavy atom. The number of amides is 2. The van der Waals surface area contributed by atoms with E-state index in [0.29, 0.717) is 28.7 Å². The van der Waals surface area contributed by atoms with Gasteiger partial charge in [0.25, 0.3) is 5.91 Å². The summed E-state index contributed by atoms with van der Waals surface area (Å²) in [7, 11) is 0. The molecule has 2 aromatic rings. The van der Waals surface area contributed by atoms with Crippen LogP contribution in [0.3, 0.4) is 0 Å². The Hall–Kier alpha value is -2.21. The number of hydrogen-bond acceptors (Lipinski definition) is 2. The molecule has 1 saturated heterocycles. The molecule has 3 rings (SSSR count). The Balaban J connectivity index is 1.98. The van der Waals surface area contributed by atoms with Crippen molar-refractivity contribution in [3.05, 3.63) is 69.9 Å². The molecule has 1 fully saturated rings. The van der Waals surface area contributed by atoms with E-state index in [9.17, 15) is 14.0 Å². The second kappa shape index (κ2) is 6.50. The highest BCUT2D eigenvalue weighted by Crippen LogP contribution is 2.27. The molecule has 1 atom stereocenters. The van der Waals surface area contributed by atoms with E-state index in [-0.39, 0.29) is 17.6 Å². The van der Waals surface area contributed by atoms with Crippen LogP contribution in [0, 0.1) is 5.82 Å². The fourth-order valence-electron chi connectivity index (χ4n) is 2.65. The number of hydrogen-bond donors (Lipinski definition) is 1. The number of carbonyl (C=O) groups excluding carboxylic acids is 2. The van der Waals surface area contributed by atoms with Crippen molar-refractivity contribution in [1.82, 2.24) is 10.2 Å². The predicted octanol–water partition coefficient (Wildman–Crippen LogP) is 2.90. The van der Waals surface area contributed by atoms with Gasteiger partial charge in [0.2, 0.25) is 5.91 Å². The van der Waals surface area contributed by atoms with Gasteiger partial charge >= 0.3 is 0 Å². The van der Waals surface area contributed by atoms with Crippen LogP contribution < -0.4 is 5.32 Å². The molecule has 4 nitrogen and oxygen atoms in total. The first-order valence-corrected chi connectivity index (χ1v) is 7.96. The van der Waals surface area contributed by atoms with Crippen LogP contribution in [0.2, 0.25) is 0 Å². The molecule has 23 heavy (non-hydrogen) atoms. The van der Waals surface area contributed by atoms with E-state index in [1.165, 1.54) is 29.2 Å². The van der Waals surface area contributed by atoms with Crippen LogP contribution in [0.25, 0.3) is 0 Å². The van der Waals surface area contributed by atoms with Crippen molar-refractivity contribution < 1.29 is 14.0 Å². The lowest BCUT2D eigenvalue weighted by molar-refractivity contribution is -0.128. The van der Waals surface area contributed by atoms with Gasteiger partial charge in [-0.25, -0.2) is 4.39 Å². The lowest BCUT2D eigenvalue weighted by Crippen LogP contribution is -2.52. The van der Waals surface area contributed by atoms with E-state index in [1.54, 1.807) is 18.2 Å². The van der Waals surface area contributed by atoms with Crippen molar-refractivity contribution in [2.24, 2.45) is 0 Å². The van der Waals surface area contributed by atoms with E-state index in [0.717, 1.165) is 0 Å². The van der Waals surface area contributed by atoms with Crippen LogP contribution in [0.4, 0.5) is 4.39 Å². The lowest BCUT2D eigenvalue weighted by atomic mass is 10.0. The predicted molar refractivity (Wildman–Crippen MR) is 87.3 cm³/mol. The number of rotatable bonds is 2. The van der Waals surface area contributed by atoms with Crippen LogP contribution in [0.5, 0.6) is 0 Å². The van der Waals surface area contributed by atoms with Crippen molar-refractivity contribution in [2.75, 3.05) is 13.1 Å². The van der Waals surface area contributed by atoms with Gasteiger partial charge in [-0.2, -0.15) is 0 Å². The fraction of sp³-hybridized carbons (Fsp3) is 0.176. The molecule has 0 radical (unpaired) electrons. The Labute approximate surface area is 141 Å². The second-order valence-corrected chi connectivity index (χ2v) is 6.08. The third-order valence-corrected chi connectivity index (χ3v) is 4.45. The van der Waals surface area contributed by atoms with Gasteiger partial charge in [0.05, 0.1) is 5.56 Å². The monoisotopic (exact) mass is 376 g/mol. The highest BCUT2D eigenvalue weighted by Gasteiger charge is 2.35. The number of nitrogens with one attached hydrogen (secondary N) is 1. The van der Waals surface area contributed by atoms with Crippen LogP contribution in [0.1, 0.15) is 22.0 Å². The summed E-state index contributed by atoms with van der Waals surface area (Å²) in [4.78, 5) is 26.7. The van der Waals surface area contributed by atoms with E-state index in [4.69, 9.17) is 0 Å². The van der Waals surface area contributed by atoms with Crippen molar-refractivity contribution in [1.29, 1.82) is 0 Å². The Morgan fingerprint density at radius 1 is 1.17 bits per heavy atom. The topological polar surface area (TPSA) is 49.4 Å². The van der Waals surface area contributed by atoms with E-state index < -0.39 is 6.04 Å². The average molecular weight is 377 g/mol. The SMILES string of the molecule is O=C1NCCN(C(=O)c2ccccc2Br)C1c1ccc(F)cc1. The summed E-state index contributed by atoms with van der Waals surface area (Å²) in [5, 5.41) is 2.76. The van der Waals surface area contributed by atoms with Crippen molar-refractivity contribution in [3.8, 4) is 0 Å². The standard InChI is InChI=1S/C17H14BrFN2O2/c18-14-4-2-1-3-13(14)17(23)21-10-9-20-16(22)15(21)11-5-7-12(19)8-6-11/h1-8,15H,9-10H2,(H,20,22). The zero-order chi connectivity index (χ0) is 16.4. The minimum absolute atomic E-state index is 0.235. The summed E-state index contributed by atoms with van der Waals surface area (Å²) in [5.74, 6) is -0.876. The van der Waals surface area contributed by atoms with Gasteiger partial charge in [-0.05, 0) is 45.8 Å².